The minimum Gasteiger partial charge on any atom is -0.438 e. The number of halogens is 4. The molecule has 12 heteroatoms. The lowest BCUT2D eigenvalue weighted by molar-refractivity contribution is -0.0500. The Balaban J connectivity index is 1.33. The molecule has 0 bridgehead atoms. The van der Waals surface area contributed by atoms with Gasteiger partial charge in [0.2, 0.25) is 5.88 Å². The van der Waals surface area contributed by atoms with Gasteiger partial charge in [-0.3, -0.25) is 0 Å². The second-order valence-electron chi connectivity index (χ2n) is 9.75. The molecule has 1 aromatic heterocycles. The van der Waals surface area contributed by atoms with Crippen LogP contribution in [0.1, 0.15) is 36.0 Å². The molecule has 0 atom stereocenters. The van der Waals surface area contributed by atoms with Gasteiger partial charge >= 0.3 is 15.6 Å². The van der Waals surface area contributed by atoms with Crippen molar-refractivity contribution in [2.45, 2.75) is 36.8 Å². The van der Waals surface area contributed by atoms with Gasteiger partial charge in [-0.2, -0.15) is 21.6 Å². The highest BCUT2D eigenvalue weighted by Gasteiger charge is 2.49. The molecule has 212 valence electrons. The SMILES string of the molecule is O=S(=O)(Oc1cccc2c1C/C(=C/CCN1CCC(O)(c3ccc(Cl)cc3)CC1)c1cccnc1O2)C(F)(F)F. The number of ether oxygens (including phenoxy) is 1. The molecule has 5 rings (SSSR count). The Morgan fingerprint density at radius 1 is 1.10 bits per heavy atom. The van der Waals surface area contributed by atoms with E-state index in [1.165, 1.54) is 24.4 Å². The summed E-state index contributed by atoms with van der Waals surface area (Å²) in [6.45, 7) is 2.05. The summed E-state index contributed by atoms with van der Waals surface area (Å²) in [7, 11) is -5.87. The Bertz CT molecular complexity index is 1520. The number of rotatable bonds is 6. The van der Waals surface area contributed by atoms with Crippen molar-refractivity contribution in [1.82, 2.24) is 9.88 Å². The first-order chi connectivity index (χ1) is 19.0. The Kier molecular flexibility index (Phi) is 7.84. The molecule has 0 radical (unpaired) electrons. The molecular formula is C28H26ClF3N2O5S. The highest BCUT2D eigenvalue weighted by atomic mass is 35.5. The lowest BCUT2D eigenvalue weighted by Crippen LogP contribution is -2.42. The molecule has 0 amide bonds. The van der Waals surface area contributed by atoms with Crippen LogP contribution < -0.4 is 8.92 Å². The number of piperidine rings is 1. The van der Waals surface area contributed by atoms with Gasteiger partial charge in [-0.05, 0) is 66.8 Å². The van der Waals surface area contributed by atoms with Gasteiger partial charge < -0.3 is 18.9 Å². The van der Waals surface area contributed by atoms with Gasteiger partial charge in [0, 0.05) is 48.4 Å². The molecule has 2 aliphatic heterocycles. The number of hydrogen-bond donors (Lipinski definition) is 1. The second-order valence-corrected chi connectivity index (χ2v) is 11.7. The molecule has 2 aliphatic rings. The first-order valence-electron chi connectivity index (χ1n) is 12.6. The Hall–Kier alpha value is -3.12. The smallest absolute Gasteiger partial charge is 0.438 e. The summed E-state index contributed by atoms with van der Waals surface area (Å²) < 4.78 is 73.0. The predicted octanol–water partition coefficient (Wildman–Crippen LogP) is 6.07. The van der Waals surface area contributed by atoms with Gasteiger partial charge in [-0.25, -0.2) is 4.98 Å². The van der Waals surface area contributed by atoms with Crippen molar-refractivity contribution in [2.75, 3.05) is 19.6 Å². The number of aromatic nitrogens is 1. The van der Waals surface area contributed by atoms with Gasteiger partial charge in [-0.15, -0.1) is 0 Å². The van der Waals surface area contributed by atoms with Crippen molar-refractivity contribution in [1.29, 1.82) is 0 Å². The Labute approximate surface area is 234 Å². The molecule has 3 heterocycles. The molecule has 1 N–H and O–H groups in total. The standard InChI is InChI=1S/C28H26ClF3N2O5S/c29-21-10-8-20(9-11-21)27(35)12-16-34(17-13-27)15-3-4-19-18-23-24(38-26-22(19)5-2-14-33-26)6-1-7-25(23)39-40(36,37)28(30,31)32/h1-2,4-11,14,35H,3,12-13,15-18H2/b19-4-. The maximum absolute atomic E-state index is 13.0. The number of fused-ring (bicyclic) bond motifs is 2. The fraction of sp³-hybridized carbons (Fsp3) is 0.321. The van der Waals surface area contributed by atoms with Crippen molar-refractivity contribution >= 4 is 27.3 Å². The summed E-state index contributed by atoms with van der Waals surface area (Å²) in [5.74, 6) is -0.0314. The molecular weight excluding hydrogens is 569 g/mol. The van der Waals surface area contributed by atoms with Crippen LogP contribution in [0.3, 0.4) is 0 Å². The Morgan fingerprint density at radius 3 is 2.52 bits per heavy atom. The van der Waals surface area contributed by atoms with Crippen molar-refractivity contribution in [3.63, 3.8) is 0 Å². The summed E-state index contributed by atoms with van der Waals surface area (Å²) in [5.41, 5.74) is -4.11. The minimum atomic E-state index is -5.87. The molecule has 2 aromatic carbocycles. The zero-order valence-corrected chi connectivity index (χ0v) is 22.8. The lowest BCUT2D eigenvalue weighted by atomic mass is 9.84. The van der Waals surface area contributed by atoms with E-state index >= 15 is 0 Å². The normalized spacial score (nSPS) is 18.4. The van der Waals surface area contributed by atoms with Crippen LogP contribution in [0.2, 0.25) is 5.02 Å². The number of allylic oxidation sites excluding steroid dienone is 1. The number of aliphatic hydroxyl groups is 1. The molecule has 3 aromatic rings. The number of pyridine rings is 1. The van der Waals surface area contributed by atoms with Crippen molar-refractivity contribution in [3.8, 4) is 17.4 Å². The van der Waals surface area contributed by atoms with Gasteiger partial charge in [0.25, 0.3) is 0 Å². The zero-order valence-electron chi connectivity index (χ0n) is 21.2. The summed E-state index contributed by atoms with van der Waals surface area (Å²) in [4.78, 5) is 6.50. The zero-order chi connectivity index (χ0) is 28.5. The van der Waals surface area contributed by atoms with E-state index < -0.39 is 27.0 Å². The van der Waals surface area contributed by atoms with Crippen LogP contribution in [0.5, 0.6) is 17.4 Å². The predicted molar refractivity (Wildman–Crippen MR) is 144 cm³/mol. The summed E-state index contributed by atoms with van der Waals surface area (Å²) in [6, 6.07) is 14.8. The van der Waals surface area contributed by atoms with Crippen LogP contribution in [0.25, 0.3) is 5.57 Å². The van der Waals surface area contributed by atoms with Crippen LogP contribution in [0.15, 0.2) is 66.9 Å². The van der Waals surface area contributed by atoms with Crippen molar-refractivity contribution in [2.24, 2.45) is 0 Å². The second kappa shape index (κ2) is 11.0. The van der Waals surface area contributed by atoms with Crippen molar-refractivity contribution in [3.05, 3.63) is 88.6 Å². The third-order valence-electron chi connectivity index (χ3n) is 7.16. The summed E-state index contributed by atoms with van der Waals surface area (Å²) >= 11 is 5.98. The molecule has 0 aliphatic carbocycles. The first kappa shape index (κ1) is 28.4. The average Bonchev–Trinajstić information content (AvgIpc) is 3.07. The fourth-order valence-corrected chi connectivity index (χ4v) is 5.58. The van der Waals surface area contributed by atoms with E-state index in [1.54, 1.807) is 24.3 Å². The van der Waals surface area contributed by atoms with E-state index in [0.717, 1.165) is 11.1 Å². The van der Waals surface area contributed by atoms with Gasteiger partial charge in [0.15, 0.2) is 0 Å². The summed E-state index contributed by atoms with van der Waals surface area (Å²) in [6.07, 6.45) is 5.29. The molecule has 7 nitrogen and oxygen atoms in total. The van der Waals surface area contributed by atoms with Gasteiger partial charge in [0.1, 0.15) is 11.5 Å². The maximum atomic E-state index is 13.0. The van der Waals surface area contributed by atoms with Crippen LogP contribution in [0.4, 0.5) is 13.2 Å². The number of likely N-dealkylation sites (tertiary alicyclic amines) is 1. The lowest BCUT2D eigenvalue weighted by Gasteiger charge is -2.38. The molecule has 40 heavy (non-hydrogen) atoms. The Morgan fingerprint density at radius 2 is 1.82 bits per heavy atom. The van der Waals surface area contributed by atoms with E-state index in [0.29, 0.717) is 49.5 Å². The third kappa shape index (κ3) is 5.97. The van der Waals surface area contributed by atoms with E-state index in [-0.39, 0.29) is 23.6 Å². The molecule has 0 spiro atoms. The first-order valence-corrected chi connectivity index (χ1v) is 14.4. The highest BCUT2D eigenvalue weighted by molar-refractivity contribution is 7.88. The minimum absolute atomic E-state index is 0.0773. The maximum Gasteiger partial charge on any atom is 0.534 e. The topological polar surface area (TPSA) is 89.0 Å². The number of benzene rings is 2. The largest absolute Gasteiger partial charge is 0.534 e. The van der Waals surface area contributed by atoms with E-state index in [9.17, 15) is 26.7 Å². The van der Waals surface area contributed by atoms with Gasteiger partial charge in [0.05, 0.1) is 5.60 Å². The number of nitrogens with zero attached hydrogens (tertiary/aromatic N) is 2. The monoisotopic (exact) mass is 594 g/mol. The molecule has 1 fully saturated rings. The van der Waals surface area contributed by atoms with Crippen LogP contribution in [-0.2, 0) is 22.1 Å². The van der Waals surface area contributed by atoms with E-state index in [4.69, 9.17) is 16.3 Å². The molecule has 1 saturated heterocycles. The van der Waals surface area contributed by atoms with E-state index in [1.807, 2.05) is 18.2 Å². The highest BCUT2D eigenvalue weighted by Crippen LogP contribution is 2.43. The van der Waals surface area contributed by atoms with Crippen LogP contribution in [-0.4, -0.2) is 48.6 Å². The molecule has 0 unspecified atom stereocenters. The van der Waals surface area contributed by atoms with Crippen LogP contribution in [0, 0.1) is 0 Å². The fourth-order valence-electron chi connectivity index (χ4n) is 4.96. The number of hydrogen-bond acceptors (Lipinski definition) is 7. The summed E-state index contributed by atoms with van der Waals surface area (Å²) in [5, 5.41) is 11.8. The number of alkyl halides is 3. The van der Waals surface area contributed by atoms with Crippen LogP contribution >= 0.6 is 11.6 Å². The third-order valence-corrected chi connectivity index (χ3v) is 8.38. The van der Waals surface area contributed by atoms with Gasteiger partial charge in [-0.1, -0.05) is 35.9 Å². The quantitative estimate of drug-likeness (QED) is 0.274. The van der Waals surface area contributed by atoms with E-state index in [2.05, 4.69) is 14.1 Å². The average molecular weight is 595 g/mol. The molecule has 0 saturated carbocycles. The van der Waals surface area contributed by atoms with Crippen molar-refractivity contribution < 1.29 is 35.6 Å².